The van der Waals surface area contributed by atoms with Gasteiger partial charge >= 0.3 is 18.0 Å². The van der Waals surface area contributed by atoms with E-state index in [1.807, 2.05) is 0 Å². The molecule has 3 atom stereocenters. The third-order valence-electron chi connectivity index (χ3n) is 4.56. The Morgan fingerprint density at radius 1 is 1.23 bits per heavy atom. The molecule has 2 fully saturated rings. The second-order valence-corrected chi connectivity index (χ2v) is 6.38. The van der Waals surface area contributed by atoms with Crippen molar-refractivity contribution in [3.63, 3.8) is 0 Å². The summed E-state index contributed by atoms with van der Waals surface area (Å²) in [6.45, 7) is 6.84. The lowest BCUT2D eigenvalue weighted by atomic mass is 10.0. The fourth-order valence-corrected chi connectivity index (χ4v) is 2.96. The highest BCUT2D eigenvalue weighted by molar-refractivity contribution is 6.04. The highest BCUT2D eigenvalue weighted by Crippen LogP contribution is 2.55. The lowest BCUT2D eigenvalue weighted by Crippen LogP contribution is -2.33. The molecule has 8 nitrogen and oxygen atoms in total. The predicted octanol–water partition coefficient (Wildman–Crippen LogP) is 1.58. The lowest BCUT2D eigenvalue weighted by molar-refractivity contribution is -0.165. The van der Waals surface area contributed by atoms with Crippen LogP contribution in [0.4, 0.5) is 4.79 Å². The fraction of sp³-hybridized carbons (Fsp3) is 0.722. The van der Waals surface area contributed by atoms with E-state index in [1.165, 1.54) is 0 Å². The van der Waals surface area contributed by atoms with Crippen LogP contribution < -0.4 is 5.32 Å². The minimum absolute atomic E-state index is 0.0546. The highest BCUT2D eigenvalue weighted by Gasteiger charge is 2.67. The molecule has 2 aliphatic rings. The number of nitrogens with one attached hydrogen (secondary N) is 1. The van der Waals surface area contributed by atoms with Crippen LogP contribution in [-0.4, -0.2) is 57.1 Å². The standard InChI is InChI=1S/C18H27NO7/c1-3-13-11-18(13,15(20)23-4-2)16(21)25-9-6-10-26-17(22)19-12-14-7-5-8-24-14/h3,13-14H,1,4-12H2,2H3,(H,19,22). The number of esters is 2. The van der Waals surface area contributed by atoms with Crippen molar-refractivity contribution in [2.75, 3.05) is 33.0 Å². The number of alkyl carbamates (subject to hydrolysis) is 1. The molecule has 2 rings (SSSR count). The molecule has 0 aromatic carbocycles. The molecule has 1 aliphatic carbocycles. The highest BCUT2D eigenvalue weighted by atomic mass is 16.6. The Kier molecular flexibility index (Phi) is 7.44. The molecule has 1 saturated carbocycles. The molecule has 0 radical (unpaired) electrons. The van der Waals surface area contributed by atoms with E-state index in [1.54, 1.807) is 13.0 Å². The third-order valence-corrected chi connectivity index (χ3v) is 4.56. The maximum absolute atomic E-state index is 12.3. The Balaban J connectivity index is 1.61. The van der Waals surface area contributed by atoms with E-state index in [0.717, 1.165) is 19.4 Å². The summed E-state index contributed by atoms with van der Waals surface area (Å²) in [5, 5.41) is 2.63. The number of amides is 1. The zero-order chi connectivity index (χ0) is 19.0. The molecule has 1 saturated heterocycles. The number of rotatable bonds is 10. The van der Waals surface area contributed by atoms with Crippen LogP contribution in [-0.2, 0) is 28.5 Å². The van der Waals surface area contributed by atoms with E-state index in [2.05, 4.69) is 11.9 Å². The molecule has 1 heterocycles. The molecule has 0 bridgehead atoms. The topological polar surface area (TPSA) is 100 Å². The number of hydrogen-bond donors (Lipinski definition) is 1. The largest absolute Gasteiger partial charge is 0.465 e. The van der Waals surface area contributed by atoms with Gasteiger partial charge in [0.15, 0.2) is 5.41 Å². The Morgan fingerprint density at radius 3 is 2.58 bits per heavy atom. The first-order valence-corrected chi connectivity index (χ1v) is 9.03. The van der Waals surface area contributed by atoms with Gasteiger partial charge in [-0.15, -0.1) is 6.58 Å². The minimum atomic E-state index is -1.25. The summed E-state index contributed by atoms with van der Waals surface area (Å²) in [4.78, 5) is 35.8. The van der Waals surface area contributed by atoms with Gasteiger partial charge < -0.3 is 24.3 Å². The second kappa shape index (κ2) is 9.56. The van der Waals surface area contributed by atoms with Gasteiger partial charge in [0, 0.05) is 25.5 Å². The molecular weight excluding hydrogens is 342 g/mol. The fourth-order valence-electron chi connectivity index (χ4n) is 2.96. The van der Waals surface area contributed by atoms with Crippen molar-refractivity contribution in [1.29, 1.82) is 0 Å². The van der Waals surface area contributed by atoms with Crippen molar-refractivity contribution < 1.29 is 33.3 Å². The Bertz CT molecular complexity index is 530. The Labute approximate surface area is 153 Å². The van der Waals surface area contributed by atoms with Gasteiger partial charge in [-0.2, -0.15) is 0 Å². The van der Waals surface area contributed by atoms with Crippen molar-refractivity contribution in [2.45, 2.75) is 38.7 Å². The van der Waals surface area contributed by atoms with Gasteiger partial charge in [0.2, 0.25) is 0 Å². The van der Waals surface area contributed by atoms with Crippen molar-refractivity contribution in [3.8, 4) is 0 Å². The third kappa shape index (κ3) is 4.97. The SMILES string of the molecule is C=CC1CC1(C(=O)OCC)C(=O)OCCCOC(=O)NCC1CCCO1. The first-order chi connectivity index (χ1) is 12.5. The summed E-state index contributed by atoms with van der Waals surface area (Å²) in [7, 11) is 0. The number of carbonyl (C=O) groups excluding carboxylic acids is 3. The molecule has 1 N–H and O–H groups in total. The maximum atomic E-state index is 12.3. The second-order valence-electron chi connectivity index (χ2n) is 6.38. The van der Waals surface area contributed by atoms with E-state index in [9.17, 15) is 14.4 Å². The first kappa shape index (κ1) is 20.2. The summed E-state index contributed by atoms with van der Waals surface area (Å²) < 4.78 is 20.5. The van der Waals surface area contributed by atoms with E-state index < -0.39 is 23.4 Å². The average molecular weight is 369 g/mol. The van der Waals surface area contributed by atoms with E-state index in [4.69, 9.17) is 18.9 Å². The number of allylic oxidation sites excluding steroid dienone is 1. The van der Waals surface area contributed by atoms with Gasteiger partial charge in [0.25, 0.3) is 0 Å². The number of hydrogen-bond acceptors (Lipinski definition) is 7. The van der Waals surface area contributed by atoms with Crippen molar-refractivity contribution in [3.05, 3.63) is 12.7 Å². The summed E-state index contributed by atoms with van der Waals surface area (Å²) in [5.41, 5.74) is -1.25. The number of ether oxygens (including phenoxy) is 4. The maximum Gasteiger partial charge on any atom is 0.407 e. The van der Waals surface area contributed by atoms with Crippen LogP contribution in [0.2, 0.25) is 0 Å². The molecule has 1 aliphatic heterocycles. The van der Waals surface area contributed by atoms with Crippen LogP contribution in [0.1, 0.15) is 32.6 Å². The van der Waals surface area contributed by atoms with Gasteiger partial charge in [0.1, 0.15) is 0 Å². The summed E-state index contributed by atoms with van der Waals surface area (Å²) in [6, 6.07) is 0. The van der Waals surface area contributed by atoms with Crippen LogP contribution in [0.25, 0.3) is 0 Å². The zero-order valence-corrected chi connectivity index (χ0v) is 15.2. The molecule has 3 unspecified atom stereocenters. The Hall–Kier alpha value is -2.09. The molecular formula is C18H27NO7. The van der Waals surface area contributed by atoms with Gasteiger partial charge in [-0.05, 0) is 26.2 Å². The Morgan fingerprint density at radius 2 is 1.96 bits per heavy atom. The van der Waals surface area contributed by atoms with E-state index >= 15 is 0 Å². The van der Waals surface area contributed by atoms with Crippen LogP contribution in [0.5, 0.6) is 0 Å². The normalized spacial score (nSPS) is 26.7. The lowest BCUT2D eigenvalue weighted by Gasteiger charge is -2.14. The molecule has 8 heteroatoms. The molecule has 1 amide bonds. The molecule has 0 aromatic rings. The van der Waals surface area contributed by atoms with Crippen molar-refractivity contribution in [2.24, 2.45) is 11.3 Å². The van der Waals surface area contributed by atoms with Crippen LogP contribution in [0, 0.1) is 11.3 Å². The van der Waals surface area contributed by atoms with Crippen LogP contribution in [0.15, 0.2) is 12.7 Å². The molecule has 0 spiro atoms. The molecule has 146 valence electrons. The predicted molar refractivity (Wildman–Crippen MR) is 91.3 cm³/mol. The summed E-state index contributed by atoms with van der Waals surface area (Å²) >= 11 is 0. The minimum Gasteiger partial charge on any atom is -0.465 e. The molecule has 0 aromatic heterocycles. The van der Waals surface area contributed by atoms with Crippen molar-refractivity contribution >= 4 is 18.0 Å². The van der Waals surface area contributed by atoms with Gasteiger partial charge in [-0.3, -0.25) is 9.59 Å². The smallest absolute Gasteiger partial charge is 0.407 e. The van der Waals surface area contributed by atoms with Crippen LogP contribution >= 0.6 is 0 Å². The van der Waals surface area contributed by atoms with Gasteiger partial charge in [-0.1, -0.05) is 6.08 Å². The quantitative estimate of drug-likeness (QED) is 0.205. The monoisotopic (exact) mass is 369 g/mol. The van der Waals surface area contributed by atoms with Crippen LogP contribution in [0.3, 0.4) is 0 Å². The van der Waals surface area contributed by atoms with E-state index in [0.29, 0.717) is 19.4 Å². The van der Waals surface area contributed by atoms with Crippen molar-refractivity contribution in [1.82, 2.24) is 5.32 Å². The van der Waals surface area contributed by atoms with E-state index in [-0.39, 0.29) is 31.8 Å². The van der Waals surface area contributed by atoms with Gasteiger partial charge in [-0.25, -0.2) is 4.79 Å². The average Bonchev–Trinajstić information content (AvgIpc) is 3.16. The van der Waals surface area contributed by atoms with Gasteiger partial charge in [0.05, 0.1) is 25.9 Å². The molecule has 26 heavy (non-hydrogen) atoms. The number of carbonyl (C=O) groups is 3. The zero-order valence-electron chi connectivity index (χ0n) is 15.2. The summed E-state index contributed by atoms with van der Waals surface area (Å²) in [5.74, 6) is -1.43. The summed E-state index contributed by atoms with van der Waals surface area (Å²) in [6.07, 6.45) is 3.74. The first-order valence-electron chi connectivity index (χ1n) is 9.03.